The lowest BCUT2D eigenvalue weighted by Crippen LogP contribution is -2.49. The number of nitrogens with zero attached hydrogens (tertiary/aromatic N) is 4. The van der Waals surface area contributed by atoms with Gasteiger partial charge < -0.3 is 19.9 Å². The summed E-state index contributed by atoms with van der Waals surface area (Å²) in [6, 6.07) is 9.95. The average molecular weight is 638 g/mol. The molecule has 2 aliphatic carbocycles. The number of halogens is 3. The zero-order valence-electron chi connectivity index (χ0n) is 23.6. The standard InChI is InChI=1S/C29H34F3N5O4S2/c30-29(31,32)23-17-37(11-14-41-23)27-34-24(21-3-1-2-4-22(21)26(38)35-28(18-33)9-10-28)25(42-27)19-5-7-20(8-6-19)36-12-15-43(39,40)16-13-36/h5-8,21-23H,1-4,9-17H2,(H,35,38)/t21-,22-,23?/m1/s1. The number of sulfone groups is 1. The van der Waals surface area contributed by atoms with E-state index in [0.717, 1.165) is 29.0 Å². The van der Waals surface area contributed by atoms with Crippen molar-refractivity contribution >= 4 is 37.9 Å². The number of alkyl halides is 3. The fourth-order valence-electron chi connectivity index (χ4n) is 6.22. The Morgan fingerprint density at radius 2 is 1.79 bits per heavy atom. The lowest BCUT2D eigenvalue weighted by molar-refractivity contribution is -0.221. The van der Waals surface area contributed by atoms with Gasteiger partial charge in [0.05, 0.1) is 41.3 Å². The van der Waals surface area contributed by atoms with Gasteiger partial charge in [0, 0.05) is 37.2 Å². The van der Waals surface area contributed by atoms with E-state index in [1.54, 1.807) is 4.90 Å². The predicted molar refractivity (Wildman–Crippen MR) is 157 cm³/mol. The van der Waals surface area contributed by atoms with Crippen molar-refractivity contribution in [2.24, 2.45) is 5.92 Å². The van der Waals surface area contributed by atoms with E-state index in [1.807, 2.05) is 29.2 Å². The molecule has 0 bridgehead atoms. The molecule has 1 amide bonds. The van der Waals surface area contributed by atoms with Crippen molar-refractivity contribution in [3.63, 3.8) is 0 Å². The SMILES string of the molecule is N#CC1(NC(=O)[C@@H]2CCCC[C@H]2c2nc(N3CCOC(C(F)(F)F)C3)sc2-c2ccc(N3CCS(=O)(=O)CC3)cc2)CC1. The summed E-state index contributed by atoms with van der Waals surface area (Å²) >= 11 is 1.33. The number of nitrogens with one attached hydrogen (secondary N) is 1. The first-order valence-electron chi connectivity index (χ1n) is 14.7. The Morgan fingerprint density at radius 1 is 1.09 bits per heavy atom. The van der Waals surface area contributed by atoms with E-state index in [9.17, 15) is 31.6 Å². The molecule has 4 aliphatic rings. The molecule has 9 nitrogen and oxygen atoms in total. The molecule has 1 aromatic heterocycles. The number of benzene rings is 1. The molecule has 6 rings (SSSR count). The van der Waals surface area contributed by atoms with Gasteiger partial charge >= 0.3 is 6.18 Å². The van der Waals surface area contributed by atoms with Crippen LogP contribution in [0.4, 0.5) is 24.0 Å². The summed E-state index contributed by atoms with van der Waals surface area (Å²) in [7, 11) is -3.02. The fraction of sp³-hybridized carbons (Fsp3) is 0.621. The maximum absolute atomic E-state index is 13.5. The van der Waals surface area contributed by atoms with Gasteiger partial charge in [-0.2, -0.15) is 18.4 Å². The molecule has 1 N–H and O–H groups in total. The summed E-state index contributed by atoms with van der Waals surface area (Å²) < 4.78 is 69.4. The first-order chi connectivity index (χ1) is 20.5. The molecule has 1 unspecified atom stereocenters. The highest BCUT2D eigenvalue weighted by molar-refractivity contribution is 7.91. The predicted octanol–water partition coefficient (Wildman–Crippen LogP) is 4.26. The molecule has 14 heteroatoms. The highest BCUT2D eigenvalue weighted by Gasteiger charge is 2.48. The molecule has 2 saturated heterocycles. The Bertz CT molecular complexity index is 1490. The smallest absolute Gasteiger partial charge is 0.369 e. The number of aromatic nitrogens is 1. The monoisotopic (exact) mass is 637 g/mol. The minimum atomic E-state index is -4.49. The van der Waals surface area contributed by atoms with Gasteiger partial charge in [0.15, 0.2) is 21.1 Å². The van der Waals surface area contributed by atoms with Crippen LogP contribution in [0.5, 0.6) is 0 Å². The third-order valence-corrected chi connectivity index (χ3v) is 11.8. The third kappa shape index (κ3) is 6.49. The van der Waals surface area contributed by atoms with Crippen LogP contribution in [0.15, 0.2) is 24.3 Å². The largest absolute Gasteiger partial charge is 0.416 e. The number of nitriles is 1. The van der Waals surface area contributed by atoms with E-state index in [4.69, 9.17) is 9.72 Å². The van der Waals surface area contributed by atoms with Crippen molar-refractivity contribution in [1.82, 2.24) is 10.3 Å². The summed E-state index contributed by atoms with van der Waals surface area (Å²) in [6.45, 7) is 0.677. The molecule has 2 aromatic rings. The molecule has 43 heavy (non-hydrogen) atoms. The minimum absolute atomic E-state index is 0.0701. The van der Waals surface area contributed by atoms with Crippen LogP contribution in [0.2, 0.25) is 0 Å². The van der Waals surface area contributed by atoms with Gasteiger partial charge in [-0.05, 0) is 43.4 Å². The number of ether oxygens (including phenoxy) is 1. The molecule has 2 aliphatic heterocycles. The van der Waals surface area contributed by atoms with Crippen molar-refractivity contribution in [3.8, 4) is 16.5 Å². The average Bonchev–Trinajstić information content (AvgIpc) is 3.63. The summed E-state index contributed by atoms with van der Waals surface area (Å²) in [4.78, 5) is 22.9. The number of carbonyl (C=O) groups is 1. The quantitative estimate of drug-likeness (QED) is 0.500. The maximum Gasteiger partial charge on any atom is 0.416 e. The summed E-state index contributed by atoms with van der Waals surface area (Å²) in [5.41, 5.74) is 1.65. The first kappa shape index (κ1) is 30.1. The number of hydrogen-bond acceptors (Lipinski definition) is 9. The van der Waals surface area contributed by atoms with Gasteiger partial charge in [-0.1, -0.05) is 36.3 Å². The van der Waals surface area contributed by atoms with Gasteiger partial charge in [-0.15, -0.1) is 0 Å². The first-order valence-corrected chi connectivity index (χ1v) is 17.3. The van der Waals surface area contributed by atoms with Gasteiger partial charge in [0.2, 0.25) is 5.91 Å². The van der Waals surface area contributed by atoms with Crippen LogP contribution in [0, 0.1) is 17.2 Å². The zero-order chi connectivity index (χ0) is 30.4. The number of carbonyl (C=O) groups excluding carboxylic acids is 1. The van der Waals surface area contributed by atoms with Crippen LogP contribution < -0.4 is 15.1 Å². The summed E-state index contributed by atoms with van der Waals surface area (Å²) in [5.74, 6) is -0.588. The lowest BCUT2D eigenvalue weighted by atomic mass is 9.76. The highest BCUT2D eigenvalue weighted by Crippen LogP contribution is 2.47. The molecule has 1 aromatic carbocycles. The van der Waals surface area contributed by atoms with Crippen molar-refractivity contribution in [2.75, 3.05) is 54.1 Å². The number of amides is 1. The Morgan fingerprint density at radius 3 is 2.44 bits per heavy atom. The molecule has 3 atom stereocenters. The minimum Gasteiger partial charge on any atom is -0.369 e. The number of anilines is 2. The molecule has 0 radical (unpaired) electrons. The number of morpholine rings is 1. The Balaban J connectivity index is 1.33. The van der Waals surface area contributed by atoms with Crippen molar-refractivity contribution in [3.05, 3.63) is 30.0 Å². The van der Waals surface area contributed by atoms with Gasteiger partial charge in [-0.25, -0.2) is 13.4 Å². The van der Waals surface area contributed by atoms with E-state index >= 15 is 0 Å². The van der Waals surface area contributed by atoms with Gasteiger partial charge in [0.1, 0.15) is 5.54 Å². The second kappa shape index (κ2) is 11.6. The second-order valence-corrected chi connectivity index (χ2v) is 15.2. The third-order valence-electron chi connectivity index (χ3n) is 8.96. The van der Waals surface area contributed by atoms with Crippen molar-refractivity contribution in [1.29, 1.82) is 5.26 Å². The van der Waals surface area contributed by atoms with Crippen LogP contribution in [0.3, 0.4) is 0 Å². The Kier molecular flexibility index (Phi) is 8.10. The van der Waals surface area contributed by atoms with Crippen LogP contribution in [0.25, 0.3) is 10.4 Å². The van der Waals surface area contributed by atoms with Crippen molar-refractivity contribution < 1.29 is 31.1 Å². The fourth-order valence-corrected chi connectivity index (χ4v) is 8.60. The Labute approximate surface area is 252 Å². The van der Waals surface area contributed by atoms with E-state index in [0.29, 0.717) is 49.6 Å². The van der Waals surface area contributed by atoms with Gasteiger partial charge in [0.25, 0.3) is 0 Å². The van der Waals surface area contributed by atoms with Crippen LogP contribution in [0.1, 0.15) is 50.1 Å². The van der Waals surface area contributed by atoms with Crippen LogP contribution in [-0.2, 0) is 19.4 Å². The van der Waals surface area contributed by atoms with E-state index in [-0.39, 0.29) is 43.0 Å². The van der Waals surface area contributed by atoms with E-state index in [1.165, 1.54) is 11.3 Å². The second-order valence-electron chi connectivity index (χ2n) is 11.9. The summed E-state index contributed by atoms with van der Waals surface area (Å²) in [6.07, 6.45) is -2.00. The number of rotatable bonds is 6. The Hall–Kier alpha value is -2.89. The van der Waals surface area contributed by atoms with Gasteiger partial charge in [-0.3, -0.25) is 4.79 Å². The summed E-state index contributed by atoms with van der Waals surface area (Å²) in [5, 5.41) is 13.0. The van der Waals surface area contributed by atoms with Crippen LogP contribution in [-0.4, -0.2) is 81.4 Å². The number of hydrogen-bond donors (Lipinski definition) is 1. The molecule has 2 saturated carbocycles. The van der Waals surface area contributed by atoms with E-state index < -0.39 is 33.6 Å². The van der Waals surface area contributed by atoms with E-state index in [2.05, 4.69) is 11.4 Å². The normalized spacial score (nSPS) is 26.9. The molecule has 4 fully saturated rings. The number of thiazole rings is 1. The van der Waals surface area contributed by atoms with Crippen molar-refractivity contribution in [2.45, 2.75) is 62.3 Å². The highest BCUT2D eigenvalue weighted by atomic mass is 32.2. The lowest BCUT2D eigenvalue weighted by Gasteiger charge is -2.33. The molecule has 0 spiro atoms. The zero-order valence-corrected chi connectivity index (χ0v) is 25.2. The topological polar surface area (TPSA) is 116 Å². The molecular weight excluding hydrogens is 603 g/mol. The van der Waals surface area contributed by atoms with Crippen LogP contribution >= 0.6 is 11.3 Å². The molecular formula is C29H34F3N5O4S2. The molecule has 232 valence electrons. The maximum atomic E-state index is 13.5. The molecule has 3 heterocycles.